The first-order valence-electron chi connectivity index (χ1n) is 8.21. The molecule has 0 aliphatic carbocycles. The molecule has 0 aromatic carbocycles. The molecule has 126 valence electrons. The standard InChI is InChI=1S/C16H26N6O/c1-11(2)22-9-14(12(3)18-22)8-21-7-6-20(5)15(10-21)16-17-13(4)19-23-16/h9,11,15H,6-8,10H2,1-5H3. The number of likely N-dealkylation sites (N-methyl/N-ethyl adjacent to an activating group) is 1. The van der Waals surface area contributed by atoms with Crippen molar-refractivity contribution >= 4 is 0 Å². The second kappa shape index (κ2) is 6.41. The van der Waals surface area contributed by atoms with E-state index < -0.39 is 0 Å². The van der Waals surface area contributed by atoms with Crippen molar-refractivity contribution in [2.24, 2.45) is 0 Å². The molecule has 1 fully saturated rings. The summed E-state index contributed by atoms with van der Waals surface area (Å²) < 4.78 is 7.43. The zero-order valence-corrected chi connectivity index (χ0v) is 14.7. The largest absolute Gasteiger partial charge is 0.338 e. The Balaban J connectivity index is 1.71. The van der Waals surface area contributed by atoms with Crippen LogP contribution in [0, 0.1) is 13.8 Å². The van der Waals surface area contributed by atoms with Crippen molar-refractivity contribution in [3.8, 4) is 0 Å². The van der Waals surface area contributed by atoms with Crippen molar-refractivity contribution in [2.75, 3.05) is 26.7 Å². The normalized spacial score (nSPS) is 20.5. The number of hydrogen-bond donors (Lipinski definition) is 0. The zero-order chi connectivity index (χ0) is 16.6. The minimum atomic E-state index is 0.158. The van der Waals surface area contributed by atoms with E-state index >= 15 is 0 Å². The number of nitrogens with zero attached hydrogens (tertiary/aromatic N) is 6. The second-order valence-electron chi connectivity index (χ2n) is 6.72. The molecule has 1 aliphatic heterocycles. The predicted octanol–water partition coefficient (Wildman–Crippen LogP) is 1.95. The fraction of sp³-hybridized carbons (Fsp3) is 0.688. The lowest BCUT2D eigenvalue weighted by Crippen LogP contribution is -2.46. The average Bonchev–Trinajstić information content (AvgIpc) is 3.08. The zero-order valence-electron chi connectivity index (χ0n) is 14.7. The molecule has 0 N–H and O–H groups in total. The fourth-order valence-electron chi connectivity index (χ4n) is 2.97. The van der Waals surface area contributed by atoms with E-state index in [1.807, 2.05) is 11.6 Å². The number of aryl methyl sites for hydroxylation is 2. The van der Waals surface area contributed by atoms with Crippen LogP contribution in [0.5, 0.6) is 0 Å². The Hall–Kier alpha value is -1.73. The van der Waals surface area contributed by atoms with Crippen LogP contribution in [0.4, 0.5) is 0 Å². The number of hydrogen-bond acceptors (Lipinski definition) is 6. The summed E-state index contributed by atoms with van der Waals surface area (Å²) in [5.74, 6) is 1.41. The summed E-state index contributed by atoms with van der Waals surface area (Å²) in [6, 6.07) is 0.550. The van der Waals surface area contributed by atoms with E-state index in [0.29, 0.717) is 17.8 Å². The van der Waals surface area contributed by atoms with Gasteiger partial charge in [-0.3, -0.25) is 14.5 Å². The molecule has 1 unspecified atom stereocenters. The molecule has 1 aliphatic rings. The third-order valence-corrected chi connectivity index (χ3v) is 4.50. The van der Waals surface area contributed by atoms with Crippen LogP contribution >= 0.6 is 0 Å². The maximum absolute atomic E-state index is 5.39. The average molecular weight is 318 g/mol. The molecule has 7 nitrogen and oxygen atoms in total. The first kappa shape index (κ1) is 16.1. The second-order valence-corrected chi connectivity index (χ2v) is 6.72. The number of piperazine rings is 1. The minimum Gasteiger partial charge on any atom is -0.338 e. The van der Waals surface area contributed by atoms with Crippen LogP contribution in [0.25, 0.3) is 0 Å². The van der Waals surface area contributed by atoms with E-state index in [4.69, 9.17) is 4.52 Å². The lowest BCUT2D eigenvalue weighted by atomic mass is 10.1. The van der Waals surface area contributed by atoms with Gasteiger partial charge in [0, 0.05) is 44.0 Å². The van der Waals surface area contributed by atoms with Gasteiger partial charge in [0.1, 0.15) is 6.04 Å². The van der Waals surface area contributed by atoms with Crippen LogP contribution in [0.1, 0.15) is 48.9 Å². The first-order valence-corrected chi connectivity index (χ1v) is 8.21. The highest BCUT2D eigenvalue weighted by Gasteiger charge is 2.30. The molecule has 1 saturated heterocycles. The number of aromatic nitrogens is 4. The number of rotatable bonds is 4. The Kier molecular flexibility index (Phi) is 4.50. The highest BCUT2D eigenvalue weighted by Crippen LogP contribution is 2.24. The summed E-state index contributed by atoms with van der Waals surface area (Å²) in [5, 5.41) is 8.54. The van der Waals surface area contributed by atoms with Crippen molar-refractivity contribution in [1.29, 1.82) is 0 Å². The predicted molar refractivity (Wildman–Crippen MR) is 87.0 cm³/mol. The first-order chi connectivity index (χ1) is 10.9. The lowest BCUT2D eigenvalue weighted by Gasteiger charge is -2.37. The SMILES string of the molecule is Cc1noc(C2CN(Cc3cn(C(C)C)nc3C)CCN2C)n1. The Morgan fingerprint density at radius 1 is 1.30 bits per heavy atom. The summed E-state index contributed by atoms with van der Waals surface area (Å²) in [4.78, 5) is 9.14. The Morgan fingerprint density at radius 3 is 2.70 bits per heavy atom. The third-order valence-electron chi connectivity index (χ3n) is 4.50. The summed E-state index contributed by atoms with van der Waals surface area (Å²) >= 11 is 0. The van der Waals surface area contributed by atoms with Crippen LogP contribution in [-0.2, 0) is 6.54 Å². The molecule has 0 amide bonds. The summed E-state index contributed by atoms with van der Waals surface area (Å²) in [7, 11) is 2.11. The van der Waals surface area contributed by atoms with Gasteiger partial charge in [-0.2, -0.15) is 10.1 Å². The minimum absolute atomic E-state index is 0.158. The van der Waals surface area contributed by atoms with E-state index in [1.165, 1.54) is 5.56 Å². The van der Waals surface area contributed by atoms with Gasteiger partial charge >= 0.3 is 0 Å². The Bertz CT molecular complexity index is 661. The Morgan fingerprint density at radius 2 is 2.09 bits per heavy atom. The molecule has 0 radical (unpaired) electrons. The molecule has 3 rings (SSSR count). The summed E-state index contributed by atoms with van der Waals surface area (Å²) in [6.45, 7) is 12.1. The van der Waals surface area contributed by atoms with E-state index in [2.05, 4.69) is 59.1 Å². The molecular formula is C16H26N6O. The van der Waals surface area contributed by atoms with E-state index in [9.17, 15) is 0 Å². The molecule has 0 spiro atoms. The quantitative estimate of drug-likeness (QED) is 0.858. The topological polar surface area (TPSA) is 63.2 Å². The fourth-order valence-corrected chi connectivity index (χ4v) is 2.97. The van der Waals surface area contributed by atoms with Crippen LogP contribution in [-0.4, -0.2) is 56.4 Å². The van der Waals surface area contributed by atoms with Crippen LogP contribution in [0.15, 0.2) is 10.7 Å². The molecule has 0 bridgehead atoms. The van der Waals surface area contributed by atoms with Crippen LogP contribution in [0.2, 0.25) is 0 Å². The molecule has 23 heavy (non-hydrogen) atoms. The highest BCUT2D eigenvalue weighted by atomic mass is 16.5. The van der Waals surface area contributed by atoms with Gasteiger partial charge in [0.25, 0.3) is 0 Å². The maximum Gasteiger partial charge on any atom is 0.245 e. The van der Waals surface area contributed by atoms with Gasteiger partial charge in [-0.05, 0) is 34.7 Å². The van der Waals surface area contributed by atoms with Crippen molar-refractivity contribution in [1.82, 2.24) is 29.7 Å². The highest BCUT2D eigenvalue weighted by molar-refractivity contribution is 5.16. The van der Waals surface area contributed by atoms with E-state index in [1.54, 1.807) is 0 Å². The molecular weight excluding hydrogens is 292 g/mol. The van der Waals surface area contributed by atoms with Crippen molar-refractivity contribution in [3.63, 3.8) is 0 Å². The van der Waals surface area contributed by atoms with Gasteiger partial charge in [-0.25, -0.2) is 0 Å². The van der Waals surface area contributed by atoms with Crippen LogP contribution in [0.3, 0.4) is 0 Å². The van der Waals surface area contributed by atoms with Gasteiger partial charge < -0.3 is 4.52 Å². The summed E-state index contributed by atoms with van der Waals surface area (Å²) in [5.41, 5.74) is 2.41. The van der Waals surface area contributed by atoms with Crippen molar-refractivity contribution in [2.45, 2.75) is 46.3 Å². The van der Waals surface area contributed by atoms with E-state index in [0.717, 1.165) is 31.9 Å². The lowest BCUT2D eigenvalue weighted by molar-refractivity contribution is 0.0713. The molecule has 2 aromatic rings. The smallest absolute Gasteiger partial charge is 0.245 e. The van der Waals surface area contributed by atoms with Gasteiger partial charge in [-0.1, -0.05) is 5.16 Å². The monoisotopic (exact) mass is 318 g/mol. The third kappa shape index (κ3) is 3.45. The van der Waals surface area contributed by atoms with Crippen molar-refractivity contribution in [3.05, 3.63) is 29.2 Å². The molecule has 7 heteroatoms. The van der Waals surface area contributed by atoms with Gasteiger partial charge in [0.15, 0.2) is 5.82 Å². The molecule has 2 aromatic heterocycles. The molecule has 0 saturated carbocycles. The summed E-state index contributed by atoms with van der Waals surface area (Å²) in [6.07, 6.45) is 2.17. The van der Waals surface area contributed by atoms with E-state index in [-0.39, 0.29) is 6.04 Å². The van der Waals surface area contributed by atoms with Gasteiger partial charge in [0.05, 0.1) is 5.69 Å². The Labute approximate surface area is 137 Å². The van der Waals surface area contributed by atoms with Crippen molar-refractivity contribution < 1.29 is 4.52 Å². The molecule has 3 heterocycles. The maximum atomic E-state index is 5.39. The molecule has 1 atom stereocenters. The van der Waals surface area contributed by atoms with Gasteiger partial charge in [-0.15, -0.1) is 0 Å². The van der Waals surface area contributed by atoms with Crippen LogP contribution < -0.4 is 0 Å². The van der Waals surface area contributed by atoms with Gasteiger partial charge in [0.2, 0.25) is 5.89 Å².